The number of aryl methyl sites for hydroxylation is 1. The van der Waals surface area contributed by atoms with Gasteiger partial charge < -0.3 is 0 Å². The normalized spacial score (nSPS) is 14.6. The van der Waals surface area contributed by atoms with Crippen LogP contribution in [-0.4, -0.2) is 19.6 Å². The second-order valence-electron chi connectivity index (χ2n) is 5.58. The Morgan fingerprint density at radius 1 is 1.27 bits per heavy atom. The molecule has 5 nitrogen and oxygen atoms in total. The van der Waals surface area contributed by atoms with Crippen LogP contribution in [0.25, 0.3) is 16.6 Å². The third kappa shape index (κ3) is 1.94. The summed E-state index contributed by atoms with van der Waals surface area (Å²) in [7, 11) is 0. The van der Waals surface area contributed by atoms with Crippen molar-refractivity contribution < 1.29 is 4.39 Å². The first-order valence-corrected chi connectivity index (χ1v) is 7.43. The maximum atomic E-state index is 13.1. The van der Waals surface area contributed by atoms with Crippen LogP contribution in [0.4, 0.5) is 4.39 Å². The molecule has 0 unspecified atom stereocenters. The summed E-state index contributed by atoms with van der Waals surface area (Å²) in [5.41, 5.74) is 1.97. The van der Waals surface area contributed by atoms with Crippen molar-refractivity contribution >= 4 is 10.9 Å². The van der Waals surface area contributed by atoms with Gasteiger partial charge in [-0.3, -0.25) is 4.79 Å². The topological polar surface area (TPSA) is 52.7 Å². The van der Waals surface area contributed by atoms with E-state index in [2.05, 4.69) is 10.2 Å². The maximum Gasteiger partial charge on any atom is 0.293 e. The highest BCUT2D eigenvalue weighted by molar-refractivity contribution is 5.82. The van der Waals surface area contributed by atoms with Gasteiger partial charge in [0.1, 0.15) is 11.3 Å². The molecule has 4 rings (SSSR count). The summed E-state index contributed by atoms with van der Waals surface area (Å²) in [5, 5.41) is 9.64. The van der Waals surface area contributed by atoms with Gasteiger partial charge in [0.2, 0.25) is 0 Å². The lowest BCUT2D eigenvalue weighted by molar-refractivity contribution is 0.604. The van der Waals surface area contributed by atoms with Crippen molar-refractivity contribution in [3.05, 3.63) is 52.3 Å². The van der Waals surface area contributed by atoms with Gasteiger partial charge in [0, 0.05) is 17.8 Å². The van der Waals surface area contributed by atoms with E-state index in [-0.39, 0.29) is 11.4 Å². The Morgan fingerprint density at radius 2 is 2.00 bits per heavy atom. The first-order valence-electron chi connectivity index (χ1n) is 7.43. The fraction of sp³-hybridized carbons (Fsp3) is 0.312. The summed E-state index contributed by atoms with van der Waals surface area (Å²) in [5.74, 6) is 0.110. The average Bonchev–Trinajstić information content (AvgIpc) is 3.27. The lowest BCUT2D eigenvalue weighted by Crippen LogP contribution is -2.25. The minimum Gasteiger partial charge on any atom is -0.265 e. The maximum absolute atomic E-state index is 13.1. The lowest BCUT2D eigenvalue weighted by atomic mass is 10.2. The molecule has 0 radical (unpaired) electrons. The van der Waals surface area contributed by atoms with Gasteiger partial charge in [0.25, 0.3) is 5.56 Å². The monoisotopic (exact) mass is 298 g/mol. The Balaban J connectivity index is 2.02. The van der Waals surface area contributed by atoms with Crippen LogP contribution in [0.2, 0.25) is 0 Å². The van der Waals surface area contributed by atoms with Crippen LogP contribution in [0, 0.1) is 5.82 Å². The number of hydrogen-bond acceptors (Lipinski definition) is 3. The summed E-state index contributed by atoms with van der Waals surface area (Å²) in [6, 6.07) is 5.97. The van der Waals surface area contributed by atoms with Gasteiger partial charge in [-0.1, -0.05) is 0 Å². The SMILES string of the molecule is CCn1nc(C2CC2)c2cnn(-c3ccc(F)cc3)c2c1=O. The van der Waals surface area contributed by atoms with Gasteiger partial charge >= 0.3 is 0 Å². The first-order chi connectivity index (χ1) is 10.7. The lowest BCUT2D eigenvalue weighted by Gasteiger charge is -2.08. The summed E-state index contributed by atoms with van der Waals surface area (Å²) < 4.78 is 16.2. The molecule has 112 valence electrons. The molecule has 0 atom stereocenters. The van der Waals surface area contributed by atoms with Crippen molar-refractivity contribution in [2.45, 2.75) is 32.2 Å². The van der Waals surface area contributed by atoms with E-state index in [1.165, 1.54) is 16.8 Å². The Hall–Kier alpha value is -2.50. The van der Waals surface area contributed by atoms with Gasteiger partial charge in [-0.2, -0.15) is 10.2 Å². The van der Waals surface area contributed by atoms with E-state index in [4.69, 9.17) is 0 Å². The number of aromatic nitrogens is 4. The van der Waals surface area contributed by atoms with E-state index in [0.717, 1.165) is 23.9 Å². The van der Waals surface area contributed by atoms with E-state index in [9.17, 15) is 9.18 Å². The largest absolute Gasteiger partial charge is 0.293 e. The zero-order valence-corrected chi connectivity index (χ0v) is 12.2. The predicted molar refractivity (Wildman–Crippen MR) is 80.7 cm³/mol. The van der Waals surface area contributed by atoms with Crippen LogP contribution in [-0.2, 0) is 6.54 Å². The number of hydrogen-bond donors (Lipinski definition) is 0. The number of nitrogens with zero attached hydrogens (tertiary/aromatic N) is 4. The number of fused-ring (bicyclic) bond motifs is 1. The highest BCUT2D eigenvalue weighted by atomic mass is 19.1. The highest BCUT2D eigenvalue weighted by Gasteiger charge is 2.30. The molecule has 1 aromatic carbocycles. The standard InChI is InChI=1S/C16H15FN4O/c1-2-20-16(22)15-13(14(19-20)10-3-4-10)9-18-21(15)12-7-5-11(17)6-8-12/h5-10H,2-4H2,1H3. The number of halogens is 1. The van der Waals surface area contributed by atoms with Crippen LogP contribution >= 0.6 is 0 Å². The highest BCUT2D eigenvalue weighted by Crippen LogP contribution is 2.41. The van der Waals surface area contributed by atoms with E-state index in [1.807, 2.05) is 6.92 Å². The molecule has 3 aromatic rings. The van der Waals surface area contributed by atoms with Gasteiger partial charge in [-0.25, -0.2) is 13.8 Å². The van der Waals surface area contributed by atoms with Crippen molar-refractivity contribution in [3.8, 4) is 5.69 Å². The molecule has 6 heteroatoms. The van der Waals surface area contributed by atoms with Gasteiger partial charge in [0.15, 0.2) is 0 Å². The van der Waals surface area contributed by atoms with E-state index in [0.29, 0.717) is 23.7 Å². The van der Waals surface area contributed by atoms with Crippen LogP contribution in [0.15, 0.2) is 35.3 Å². The molecular formula is C16H15FN4O. The molecule has 1 aliphatic carbocycles. The van der Waals surface area contributed by atoms with Crippen molar-refractivity contribution in [1.82, 2.24) is 19.6 Å². The first kappa shape index (κ1) is 13.2. The van der Waals surface area contributed by atoms with E-state index in [1.54, 1.807) is 23.0 Å². The molecule has 0 N–H and O–H groups in total. The second kappa shape index (κ2) is 4.76. The summed E-state index contributed by atoms with van der Waals surface area (Å²) in [4.78, 5) is 12.6. The zero-order chi connectivity index (χ0) is 15.3. The molecular weight excluding hydrogens is 283 g/mol. The smallest absolute Gasteiger partial charge is 0.265 e. The Labute approximate surface area is 126 Å². The molecule has 0 aliphatic heterocycles. The summed E-state index contributed by atoms with van der Waals surface area (Å²) >= 11 is 0. The van der Waals surface area contributed by atoms with Crippen molar-refractivity contribution in [2.24, 2.45) is 0 Å². The van der Waals surface area contributed by atoms with Gasteiger partial charge in [0.05, 0.1) is 17.6 Å². The predicted octanol–water partition coefficient (Wildman–Crippen LogP) is 2.62. The fourth-order valence-corrected chi connectivity index (χ4v) is 2.74. The van der Waals surface area contributed by atoms with Crippen LogP contribution in [0.5, 0.6) is 0 Å². The Morgan fingerprint density at radius 3 is 2.64 bits per heavy atom. The second-order valence-corrected chi connectivity index (χ2v) is 5.58. The van der Waals surface area contributed by atoms with E-state index < -0.39 is 0 Å². The van der Waals surface area contributed by atoms with Gasteiger partial charge in [-0.15, -0.1) is 0 Å². The fourth-order valence-electron chi connectivity index (χ4n) is 2.74. The van der Waals surface area contributed by atoms with E-state index >= 15 is 0 Å². The molecule has 2 heterocycles. The molecule has 0 spiro atoms. The molecule has 1 fully saturated rings. The zero-order valence-electron chi connectivity index (χ0n) is 12.2. The number of rotatable bonds is 3. The molecule has 0 bridgehead atoms. The van der Waals surface area contributed by atoms with Crippen LogP contribution < -0.4 is 5.56 Å². The van der Waals surface area contributed by atoms with Crippen LogP contribution in [0.1, 0.15) is 31.4 Å². The van der Waals surface area contributed by atoms with Crippen molar-refractivity contribution in [1.29, 1.82) is 0 Å². The third-order valence-corrected chi connectivity index (χ3v) is 4.05. The quantitative estimate of drug-likeness (QED) is 0.747. The minimum absolute atomic E-state index is 0.163. The molecule has 1 aliphatic rings. The molecule has 2 aromatic heterocycles. The summed E-state index contributed by atoms with van der Waals surface area (Å²) in [6.07, 6.45) is 3.90. The Bertz CT molecular complexity index is 906. The van der Waals surface area contributed by atoms with Crippen molar-refractivity contribution in [3.63, 3.8) is 0 Å². The summed E-state index contributed by atoms with van der Waals surface area (Å²) in [6.45, 7) is 2.42. The molecule has 1 saturated carbocycles. The minimum atomic E-state index is -0.313. The van der Waals surface area contributed by atoms with Gasteiger partial charge in [-0.05, 0) is 44.0 Å². The molecule has 22 heavy (non-hydrogen) atoms. The molecule has 0 amide bonds. The number of benzene rings is 1. The third-order valence-electron chi connectivity index (χ3n) is 4.05. The Kier molecular flexibility index (Phi) is 2.85. The van der Waals surface area contributed by atoms with Crippen LogP contribution in [0.3, 0.4) is 0 Å². The van der Waals surface area contributed by atoms with Crippen molar-refractivity contribution in [2.75, 3.05) is 0 Å². The molecule has 0 saturated heterocycles. The average molecular weight is 298 g/mol.